The van der Waals surface area contributed by atoms with Gasteiger partial charge in [-0.15, -0.1) is 11.3 Å². The Balaban J connectivity index is 1.55. The van der Waals surface area contributed by atoms with Crippen molar-refractivity contribution in [3.05, 3.63) is 52.2 Å². The van der Waals surface area contributed by atoms with Crippen LogP contribution < -0.4 is 10.1 Å². The first-order valence-corrected chi connectivity index (χ1v) is 10.9. The Kier molecular flexibility index (Phi) is 7.89. The molecule has 1 amide bonds. The van der Waals surface area contributed by atoms with Gasteiger partial charge in [0.25, 0.3) is 5.91 Å². The lowest BCUT2D eigenvalue weighted by molar-refractivity contribution is 0.0169. The van der Waals surface area contributed by atoms with E-state index in [9.17, 15) is 4.79 Å². The number of rotatable bonds is 9. The van der Waals surface area contributed by atoms with Gasteiger partial charge >= 0.3 is 0 Å². The Hall–Kier alpha value is -1.89. The molecule has 0 spiro atoms. The first-order valence-electron chi connectivity index (χ1n) is 9.99. The smallest absolute Gasteiger partial charge is 0.251 e. The maximum Gasteiger partial charge on any atom is 0.251 e. The fraction of sp³-hybridized carbons (Fsp3) is 0.500. The highest BCUT2D eigenvalue weighted by molar-refractivity contribution is 7.10. The van der Waals surface area contributed by atoms with Gasteiger partial charge in [-0.05, 0) is 48.1 Å². The van der Waals surface area contributed by atoms with Crippen molar-refractivity contribution in [3.63, 3.8) is 0 Å². The molecule has 6 heteroatoms. The second-order valence-electron chi connectivity index (χ2n) is 7.44. The molecular weight excluding hydrogens is 372 g/mol. The summed E-state index contributed by atoms with van der Waals surface area (Å²) < 4.78 is 11.2. The topological polar surface area (TPSA) is 50.8 Å². The number of hydrogen-bond acceptors (Lipinski definition) is 5. The molecule has 1 N–H and O–H groups in total. The fourth-order valence-electron chi connectivity index (χ4n) is 3.19. The molecule has 1 aliphatic heterocycles. The van der Waals surface area contributed by atoms with Crippen molar-refractivity contribution >= 4 is 17.2 Å². The zero-order valence-electron chi connectivity index (χ0n) is 16.7. The van der Waals surface area contributed by atoms with Crippen LogP contribution in [-0.4, -0.2) is 50.3 Å². The summed E-state index contributed by atoms with van der Waals surface area (Å²) in [7, 11) is 0. The van der Waals surface area contributed by atoms with E-state index in [0.29, 0.717) is 24.6 Å². The summed E-state index contributed by atoms with van der Waals surface area (Å²) >= 11 is 1.73. The second-order valence-corrected chi connectivity index (χ2v) is 8.42. The summed E-state index contributed by atoms with van der Waals surface area (Å²) in [6.07, 6.45) is 1.02. The maximum absolute atomic E-state index is 12.6. The third kappa shape index (κ3) is 6.06. The Morgan fingerprint density at radius 3 is 2.61 bits per heavy atom. The van der Waals surface area contributed by atoms with Crippen molar-refractivity contribution in [3.8, 4) is 5.75 Å². The van der Waals surface area contributed by atoms with Crippen molar-refractivity contribution in [1.82, 2.24) is 10.2 Å². The molecule has 3 rings (SSSR count). The lowest BCUT2D eigenvalue weighted by atomic mass is 10.1. The number of morpholine rings is 1. The molecular formula is C22H30N2O3S. The summed E-state index contributed by atoms with van der Waals surface area (Å²) in [5, 5.41) is 5.19. The molecule has 28 heavy (non-hydrogen) atoms. The molecule has 1 atom stereocenters. The van der Waals surface area contributed by atoms with Gasteiger partial charge in [0.1, 0.15) is 5.75 Å². The Labute approximate surface area is 171 Å². The second kappa shape index (κ2) is 10.6. The number of hydrogen-bond donors (Lipinski definition) is 1. The lowest BCUT2D eigenvalue weighted by Gasteiger charge is -2.34. The molecule has 0 radical (unpaired) electrons. The van der Waals surface area contributed by atoms with E-state index in [-0.39, 0.29) is 11.9 Å². The van der Waals surface area contributed by atoms with Crippen LogP contribution >= 0.6 is 11.3 Å². The highest BCUT2D eigenvalue weighted by Gasteiger charge is 2.24. The standard InChI is InChI=1S/C22H30N2O3S/c1-17(2)9-12-27-19-7-5-18(6-8-19)22(25)23-16-20(21-4-3-15-28-21)24-10-13-26-14-11-24/h3-8,15,17,20H,9-14,16H2,1-2H3,(H,23,25)/t20-/m0/s1. The van der Waals surface area contributed by atoms with E-state index in [1.165, 1.54) is 4.88 Å². The number of ether oxygens (including phenoxy) is 2. The molecule has 152 valence electrons. The quantitative estimate of drug-likeness (QED) is 0.689. The minimum Gasteiger partial charge on any atom is -0.494 e. The van der Waals surface area contributed by atoms with Crippen molar-refractivity contribution in [2.24, 2.45) is 5.92 Å². The van der Waals surface area contributed by atoms with E-state index >= 15 is 0 Å². The summed E-state index contributed by atoms with van der Waals surface area (Å²) in [5.41, 5.74) is 0.656. The van der Waals surface area contributed by atoms with Gasteiger partial charge in [0.15, 0.2) is 0 Å². The van der Waals surface area contributed by atoms with Crippen LogP contribution in [0.1, 0.15) is 41.5 Å². The third-order valence-electron chi connectivity index (χ3n) is 4.89. The molecule has 2 aromatic rings. The van der Waals surface area contributed by atoms with Gasteiger partial charge in [-0.25, -0.2) is 0 Å². The Bertz CT molecular complexity index is 710. The van der Waals surface area contributed by atoms with Crippen LogP contribution in [0.15, 0.2) is 41.8 Å². The summed E-state index contributed by atoms with van der Waals surface area (Å²) in [6, 6.07) is 11.8. The SMILES string of the molecule is CC(C)CCOc1ccc(C(=O)NC[C@@H](c2cccs2)N2CCOCC2)cc1. The van der Waals surface area contributed by atoms with Gasteiger partial charge < -0.3 is 14.8 Å². The number of amides is 1. The fourth-order valence-corrected chi connectivity index (χ4v) is 4.05. The van der Waals surface area contributed by atoms with Gasteiger partial charge in [-0.2, -0.15) is 0 Å². The Morgan fingerprint density at radius 1 is 1.21 bits per heavy atom. The zero-order chi connectivity index (χ0) is 19.8. The van der Waals surface area contributed by atoms with Crippen molar-refractivity contribution < 1.29 is 14.3 Å². The number of thiophene rings is 1. The van der Waals surface area contributed by atoms with Crippen molar-refractivity contribution in [2.45, 2.75) is 26.3 Å². The average Bonchev–Trinajstić information content (AvgIpc) is 3.23. The first kappa shape index (κ1) is 20.8. The number of carbonyl (C=O) groups excluding carboxylic acids is 1. The monoisotopic (exact) mass is 402 g/mol. The number of nitrogens with zero attached hydrogens (tertiary/aromatic N) is 1. The lowest BCUT2D eigenvalue weighted by Crippen LogP contribution is -2.43. The minimum absolute atomic E-state index is 0.0523. The predicted molar refractivity (Wildman–Crippen MR) is 113 cm³/mol. The van der Waals surface area contributed by atoms with Crippen molar-refractivity contribution in [1.29, 1.82) is 0 Å². The Morgan fingerprint density at radius 2 is 1.96 bits per heavy atom. The van der Waals surface area contributed by atoms with E-state index in [0.717, 1.165) is 38.5 Å². The van der Waals surface area contributed by atoms with Gasteiger partial charge in [-0.3, -0.25) is 9.69 Å². The highest BCUT2D eigenvalue weighted by Crippen LogP contribution is 2.25. The first-order chi connectivity index (χ1) is 13.6. The molecule has 0 bridgehead atoms. The number of nitrogens with one attached hydrogen (secondary N) is 1. The van der Waals surface area contributed by atoms with Crippen LogP contribution in [0.4, 0.5) is 0 Å². The molecule has 1 saturated heterocycles. The highest BCUT2D eigenvalue weighted by atomic mass is 32.1. The van der Waals surface area contributed by atoms with Crippen molar-refractivity contribution in [2.75, 3.05) is 39.5 Å². The predicted octanol–water partition coefficient (Wildman–Crippen LogP) is 3.98. The van der Waals surface area contributed by atoms with E-state index in [2.05, 4.69) is 41.6 Å². The largest absolute Gasteiger partial charge is 0.494 e. The normalized spacial score (nSPS) is 16.1. The molecule has 0 aliphatic carbocycles. The maximum atomic E-state index is 12.6. The van der Waals surface area contributed by atoms with Gasteiger partial charge in [0.2, 0.25) is 0 Å². The third-order valence-corrected chi connectivity index (χ3v) is 5.87. The minimum atomic E-state index is -0.0523. The summed E-state index contributed by atoms with van der Waals surface area (Å²) in [5.74, 6) is 1.37. The van der Waals surface area contributed by atoms with Gasteiger partial charge in [-0.1, -0.05) is 19.9 Å². The van der Waals surface area contributed by atoms with Crippen LogP contribution in [-0.2, 0) is 4.74 Å². The van der Waals surface area contributed by atoms with E-state index in [4.69, 9.17) is 9.47 Å². The van der Waals surface area contributed by atoms with Gasteiger partial charge in [0.05, 0.1) is 25.9 Å². The molecule has 1 aliphatic rings. The van der Waals surface area contributed by atoms with E-state index in [1.807, 2.05) is 24.3 Å². The molecule has 0 saturated carbocycles. The summed E-state index contributed by atoms with van der Waals surface area (Å²) in [6.45, 7) is 8.91. The van der Waals surface area contributed by atoms with Crippen LogP contribution in [0.5, 0.6) is 5.75 Å². The molecule has 5 nitrogen and oxygen atoms in total. The number of benzene rings is 1. The molecule has 0 unspecified atom stereocenters. The van der Waals surface area contributed by atoms with Crippen LogP contribution in [0.2, 0.25) is 0 Å². The molecule has 1 aromatic heterocycles. The molecule has 2 heterocycles. The van der Waals surface area contributed by atoms with E-state index < -0.39 is 0 Å². The molecule has 1 fully saturated rings. The van der Waals surface area contributed by atoms with Gasteiger partial charge in [0, 0.05) is 30.1 Å². The van der Waals surface area contributed by atoms with E-state index in [1.54, 1.807) is 11.3 Å². The zero-order valence-corrected chi connectivity index (χ0v) is 17.5. The average molecular weight is 403 g/mol. The van der Waals surface area contributed by atoms with Crippen LogP contribution in [0.3, 0.4) is 0 Å². The number of carbonyl (C=O) groups is 1. The van der Waals surface area contributed by atoms with Crippen LogP contribution in [0, 0.1) is 5.92 Å². The molecule has 1 aromatic carbocycles. The summed E-state index contributed by atoms with van der Waals surface area (Å²) in [4.78, 5) is 16.3. The van der Waals surface area contributed by atoms with Crippen LogP contribution in [0.25, 0.3) is 0 Å².